The molecule has 1 aromatic rings. The van der Waals surface area contributed by atoms with E-state index in [1.807, 2.05) is 26.0 Å². The molecule has 1 aliphatic heterocycles. The lowest BCUT2D eigenvalue weighted by molar-refractivity contribution is 0.0776. The zero-order valence-electron chi connectivity index (χ0n) is 14.8. The van der Waals surface area contributed by atoms with E-state index in [1.165, 1.54) is 0 Å². The van der Waals surface area contributed by atoms with Crippen LogP contribution in [-0.4, -0.2) is 56.4 Å². The number of guanidine groups is 1. The van der Waals surface area contributed by atoms with Crippen LogP contribution in [0.5, 0.6) is 0 Å². The van der Waals surface area contributed by atoms with E-state index in [0.717, 1.165) is 50.9 Å². The van der Waals surface area contributed by atoms with E-state index in [4.69, 9.17) is 16.3 Å². The highest BCUT2D eigenvalue weighted by Gasteiger charge is 2.25. The van der Waals surface area contributed by atoms with E-state index >= 15 is 0 Å². The number of rotatable bonds is 7. The molecule has 0 radical (unpaired) electrons. The molecule has 1 aliphatic rings. The Balaban J connectivity index is 1.74. The fourth-order valence-corrected chi connectivity index (χ4v) is 2.91. The summed E-state index contributed by atoms with van der Waals surface area (Å²) < 4.78 is 5.54. The van der Waals surface area contributed by atoms with E-state index < -0.39 is 0 Å². The maximum absolute atomic E-state index is 6.23. The zero-order valence-corrected chi connectivity index (χ0v) is 15.5. The molecule has 0 aromatic carbocycles. The van der Waals surface area contributed by atoms with Crippen molar-refractivity contribution < 1.29 is 4.74 Å². The van der Waals surface area contributed by atoms with E-state index in [2.05, 4.69) is 25.5 Å². The molecule has 1 saturated heterocycles. The van der Waals surface area contributed by atoms with Crippen molar-refractivity contribution in [2.75, 3.05) is 38.2 Å². The third kappa shape index (κ3) is 5.83. The second kappa shape index (κ2) is 9.69. The van der Waals surface area contributed by atoms with Crippen molar-refractivity contribution in [3.63, 3.8) is 0 Å². The molecule has 24 heavy (non-hydrogen) atoms. The number of ether oxygens (including phenoxy) is 1. The van der Waals surface area contributed by atoms with E-state index in [9.17, 15) is 0 Å². The molecule has 2 heterocycles. The molecule has 0 aliphatic carbocycles. The van der Waals surface area contributed by atoms with Gasteiger partial charge in [0, 0.05) is 45.5 Å². The van der Waals surface area contributed by atoms with Crippen LogP contribution < -0.4 is 15.5 Å². The summed E-state index contributed by atoms with van der Waals surface area (Å²) in [6, 6.07) is 4.07. The summed E-state index contributed by atoms with van der Waals surface area (Å²) in [7, 11) is 1.79. The van der Waals surface area contributed by atoms with Crippen molar-refractivity contribution in [3.8, 4) is 0 Å². The average molecular weight is 354 g/mol. The highest BCUT2D eigenvalue weighted by Crippen LogP contribution is 2.25. The van der Waals surface area contributed by atoms with E-state index in [-0.39, 0.29) is 6.10 Å². The van der Waals surface area contributed by atoms with Gasteiger partial charge in [0.1, 0.15) is 5.82 Å². The molecule has 1 atom stereocenters. The molecule has 1 aromatic heterocycles. The van der Waals surface area contributed by atoms with Crippen LogP contribution >= 0.6 is 11.6 Å². The summed E-state index contributed by atoms with van der Waals surface area (Å²) in [6.07, 6.45) is 4.05. The molecule has 6 nitrogen and oxygen atoms in total. The smallest absolute Gasteiger partial charge is 0.191 e. The van der Waals surface area contributed by atoms with Gasteiger partial charge in [-0.25, -0.2) is 4.98 Å². The van der Waals surface area contributed by atoms with Gasteiger partial charge in [-0.3, -0.25) is 4.99 Å². The topological polar surface area (TPSA) is 61.8 Å². The third-order valence-corrected chi connectivity index (χ3v) is 4.15. The van der Waals surface area contributed by atoms with Gasteiger partial charge in [0.15, 0.2) is 5.96 Å². The van der Waals surface area contributed by atoms with Gasteiger partial charge in [-0.15, -0.1) is 0 Å². The Hall–Kier alpha value is -1.53. The van der Waals surface area contributed by atoms with Gasteiger partial charge in [-0.1, -0.05) is 11.6 Å². The van der Waals surface area contributed by atoms with E-state index in [1.54, 1.807) is 13.2 Å². The number of aromatic nitrogens is 1. The van der Waals surface area contributed by atoms with Crippen LogP contribution in [0, 0.1) is 0 Å². The standard InChI is InChI=1S/C17H28ClN5O/c1-13(2)24-11-5-9-21-17(19-3)22-14-7-10-23(12-14)16-15(18)6-4-8-20-16/h4,6,8,13-14H,5,7,9-12H2,1-3H3,(H2,19,21,22). The molecular formula is C17H28ClN5O. The zero-order chi connectivity index (χ0) is 17.4. The summed E-state index contributed by atoms with van der Waals surface area (Å²) >= 11 is 6.23. The maximum atomic E-state index is 6.23. The second-order valence-electron chi connectivity index (χ2n) is 6.16. The Kier molecular flexibility index (Phi) is 7.59. The number of aliphatic imine (C=N–C) groups is 1. The minimum Gasteiger partial charge on any atom is -0.379 e. The van der Waals surface area contributed by atoms with Crippen LogP contribution in [0.25, 0.3) is 0 Å². The minimum absolute atomic E-state index is 0.283. The summed E-state index contributed by atoms with van der Waals surface area (Å²) in [4.78, 5) is 10.9. The first kappa shape index (κ1) is 18.8. The van der Waals surface area contributed by atoms with Gasteiger partial charge in [0.2, 0.25) is 0 Å². The van der Waals surface area contributed by atoms with Gasteiger partial charge < -0.3 is 20.3 Å². The maximum Gasteiger partial charge on any atom is 0.191 e. The van der Waals surface area contributed by atoms with Crippen molar-refractivity contribution in [2.24, 2.45) is 4.99 Å². The molecule has 0 spiro atoms. The first-order valence-corrected chi connectivity index (χ1v) is 8.92. The average Bonchev–Trinajstić information content (AvgIpc) is 3.02. The molecule has 2 N–H and O–H groups in total. The summed E-state index contributed by atoms with van der Waals surface area (Å²) in [5.74, 6) is 1.69. The predicted octanol–water partition coefficient (Wildman–Crippen LogP) is 2.29. The van der Waals surface area contributed by atoms with Crippen molar-refractivity contribution in [2.45, 2.75) is 38.8 Å². The number of pyridine rings is 1. The fourth-order valence-electron chi connectivity index (χ4n) is 2.67. The fraction of sp³-hybridized carbons (Fsp3) is 0.647. The normalized spacial score (nSPS) is 18.3. The van der Waals surface area contributed by atoms with Crippen molar-refractivity contribution in [1.82, 2.24) is 15.6 Å². The quantitative estimate of drug-likeness (QED) is 0.447. The minimum atomic E-state index is 0.283. The molecule has 1 fully saturated rings. The lowest BCUT2D eigenvalue weighted by Crippen LogP contribution is -2.45. The number of nitrogens with one attached hydrogen (secondary N) is 2. The van der Waals surface area contributed by atoms with Gasteiger partial charge in [0.25, 0.3) is 0 Å². The number of hydrogen-bond acceptors (Lipinski definition) is 4. The molecule has 7 heteroatoms. The molecule has 0 bridgehead atoms. The number of hydrogen-bond donors (Lipinski definition) is 2. The molecule has 0 amide bonds. The van der Waals surface area contributed by atoms with Crippen molar-refractivity contribution in [3.05, 3.63) is 23.4 Å². The molecule has 2 rings (SSSR count). The number of halogens is 1. The van der Waals surface area contributed by atoms with E-state index in [0.29, 0.717) is 11.1 Å². The van der Waals surface area contributed by atoms with Crippen LogP contribution in [0.3, 0.4) is 0 Å². The largest absolute Gasteiger partial charge is 0.379 e. The molecule has 1 unspecified atom stereocenters. The van der Waals surface area contributed by atoms with Crippen LogP contribution in [0.4, 0.5) is 5.82 Å². The summed E-state index contributed by atoms with van der Waals surface area (Å²) in [5.41, 5.74) is 0. The van der Waals surface area contributed by atoms with Crippen LogP contribution in [0.15, 0.2) is 23.3 Å². The third-order valence-electron chi connectivity index (χ3n) is 3.86. The van der Waals surface area contributed by atoms with Gasteiger partial charge in [-0.2, -0.15) is 0 Å². The van der Waals surface area contributed by atoms with Crippen LogP contribution in [0.1, 0.15) is 26.7 Å². The van der Waals surface area contributed by atoms with Crippen LogP contribution in [-0.2, 0) is 4.74 Å². The monoisotopic (exact) mass is 353 g/mol. The highest BCUT2D eigenvalue weighted by atomic mass is 35.5. The first-order valence-electron chi connectivity index (χ1n) is 8.54. The lowest BCUT2D eigenvalue weighted by Gasteiger charge is -2.20. The number of anilines is 1. The summed E-state index contributed by atoms with van der Waals surface area (Å²) in [5, 5.41) is 7.50. The Morgan fingerprint density at radius 1 is 1.54 bits per heavy atom. The predicted molar refractivity (Wildman–Crippen MR) is 100 cm³/mol. The Bertz CT molecular complexity index is 537. The Morgan fingerprint density at radius 2 is 2.38 bits per heavy atom. The van der Waals surface area contributed by atoms with Crippen LogP contribution in [0.2, 0.25) is 5.02 Å². The van der Waals surface area contributed by atoms with Gasteiger partial charge in [-0.05, 0) is 38.8 Å². The van der Waals surface area contributed by atoms with Gasteiger partial charge >= 0.3 is 0 Å². The molecule has 0 saturated carbocycles. The first-order chi connectivity index (χ1) is 11.6. The molecule has 134 valence electrons. The highest BCUT2D eigenvalue weighted by molar-refractivity contribution is 6.32. The second-order valence-corrected chi connectivity index (χ2v) is 6.56. The molecular weight excluding hydrogens is 326 g/mol. The SMILES string of the molecule is CN=C(NCCCOC(C)C)NC1CCN(c2ncccc2Cl)C1. The van der Waals surface area contributed by atoms with Crippen molar-refractivity contribution >= 4 is 23.4 Å². The number of nitrogens with zero attached hydrogens (tertiary/aromatic N) is 3. The Morgan fingerprint density at radius 3 is 3.08 bits per heavy atom. The Labute approximate surface area is 149 Å². The van der Waals surface area contributed by atoms with Gasteiger partial charge in [0.05, 0.1) is 11.1 Å². The lowest BCUT2D eigenvalue weighted by atomic mass is 10.3. The summed E-state index contributed by atoms with van der Waals surface area (Å²) in [6.45, 7) is 7.51. The van der Waals surface area contributed by atoms with Crippen molar-refractivity contribution in [1.29, 1.82) is 0 Å².